The van der Waals surface area contributed by atoms with Crippen LogP contribution in [-0.2, 0) is 0 Å². The maximum Gasteiger partial charge on any atom is 0.196 e. The molecule has 0 aliphatic rings. The molecule has 3 rings (SSSR count). The van der Waals surface area contributed by atoms with Crippen LogP contribution in [0.1, 0.15) is 31.8 Å². The van der Waals surface area contributed by atoms with Crippen LogP contribution in [0.3, 0.4) is 0 Å². The minimum atomic E-state index is -0.391. The lowest BCUT2D eigenvalue weighted by atomic mass is 9.96. The highest BCUT2D eigenvalue weighted by molar-refractivity contribution is 6.32. The molecular weight excluding hydrogens is 324 g/mol. The zero-order valence-corrected chi connectivity index (χ0v) is 13.3. The van der Waals surface area contributed by atoms with Gasteiger partial charge < -0.3 is 5.11 Å². The van der Waals surface area contributed by atoms with Crippen molar-refractivity contribution < 1.29 is 14.7 Å². The fourth-order valence-electron chi connectivity index (χ4n) is 2.44. The van der Waals surface area contributed by atoms with Crippen LogP contribution in [0.15, 0.2) is 72.8 Å². The number of aromatic hydroxyl groups is 1. The van der Waals surface area contributed by atoms with E-state index < -0.39 is 11.6 Å². The predicted octanol–water partition coefficient (Wildman–Crippen LogP) is 4.51. The van der Waals surface area contributed by atoms with Crippen LogP contribution < -0.4 is 0 Å². The van der Waals surface area contributed by atoms with Crippen molar-refractivity contribution in [3.8, 4) is 5.75 Å². The van der Waals surface area contributed by atoms with E-state index in [-0.39, 0.29) is 21.9 Å². The number of benzene rings is 3. The fraction of sp³-hybridized carbons (Fsp3) is 0. The molecule has 0 heterocycles. The molecule has 0 aromatic heterocycles. The zero-order valence-electron chi connectivity index (χ0n) is 12.6. The van der Waals surface area contributed by atoms with Crippen LogP contribution in [0, 0.1) is 0 Å². The number of carbonyl (C=O) groups excluding carboxylic acids is 2. The summed E-state index contributed by atoms with van der Waals surface area (Å²) in [5, 5.41) is 10.7. The molecule has 0 aliphatic heterocycles. The molecule has 3 aromatic rings. The van der Waals surface area contributed by atoms with Crippen molar-refractivity contribution in [2.45, 2.75) is 0 Å². The van der Waals surface area contributed by atoms with Crippen molar-refractivity contribution in [3.05, 3.63) is 100 Å². The maximum absolute atomic E-state index is 12.6. The molecule has 0 unspecified atom stereocenters. The van der Waals surface area contributed by atoms with E-state index in [1.807, 2.05) is 0 Å². The molecule has 4 heteroatoms. The first-order chi connectivity index (χ1) is 11.6. The summed E-state index contributed by atoms with van der Waals surface area (Å²) in [6.45, 7) is 0. The second-order valence-corrected chi connectivity index (χ2v) is 5.68. The number of hydrogen-bond donors (Lipinski definition) is 1. The van der Waals surface area contributed by atoms with Crippen molar-refractivity contribution in [1.82, 2.24) is 0 Å². The maximum atomic E-state index is 12.6. The van der Waals surface area contributed by atoms with Crippen molar-refractivity contribution in [1.29, 1.82) is 0 Å². The van der Waals surface area contributed by atoms with Crippen molar-refractivity contribution in [2.24, 2.45) is 0 Å². The first-order valence-corrected chi connectivity index (χ1v) is 7.67. The van der Waals surface area contributed by atoms with Gasteiger partial charge in [-0.25, -0.2) is 0 Å². The molecule has 3 nitrogen and oxygen atoms in total. The van der Waals surface area contributed by atoms with Gasteiger partial charge in [-0.3, -0.25) is 9.59 Å². The highest BCUT2D eigenvalue weighted by atomic mass is 35.5. The van der Waals surface area contributed by atoms with Crippen molar-refractivity contribution in [2.75, 3.05) is 0 Å². The van der Waals surface area contributed by atoms with Gasteiger partial charge in [0.1, 0.15) is 5.75 Å². The molecule has 24 heavy (non-hydrogen) atoms. The van der Waals surface area contributed by atoms with Gasteiger partial charge >= 0.3 is 0 Å². The van der Waals surface area contributed by atoms with E-state index in [9.17, 15) is 14.7 Å². The third-order valence-electron chi connectivity index (χ3n) is 3.64. The van der Waals surface area contributed by atoms with Gasteiger partial charge in [0, 0.05) is 16.1 Å². The van der Waals surface area contributed by atoms with Crippen molar-refractivity contribution >= 4 is 23.2 Å². The SMILES string of the molecule is O=C(c1ccccc1)c1cc(Cl)cc(C(=O)c2ccccc2)c1O. The third kappa shape index (κ3) is 3.07. The van der Waals surface area contributed by atoms with Gasteiger partial charge in [0.05, 0.1) is 11.1 Å². The molecule has 0 radical (unpaired) electrons. The molecule has 0 spiro atoms. The summed E-state index contributed by atoms with van der Waals surface area (Å²) in [6.07, 6.45) is 0. The van der Waals surface area contributed by atoms with Crippen LogP contribution in [0.5, 0.6) is 5.75 Å². The highest BCUT2D eigenvalue weighted by Crippen LogP contribution is 2.30. The Balaban J connectivity index is 2.09. The minimum absolute atomic E-state index is 0.00739. The Morgan fingerprint density at radius 3 is 1.46 bits per heavy atom. The molecule has 1 N–H and O–H groups in total. The summed E-state index contributed by atoms with van der Waals surface area (Å²) >= 11 is 6.07. The molecule has 0 fully saturated rings. The number of halogens is 1. The predicted molar refractivity (Wildman–Crippen MR) is 92.9 cm³/mol. The lowest BCUT2D eigenvalue weighted by Gasteiger charge is -2.10. The molecule has 0 bridgehead atoms. The number of carbonyl (C=O) groups is 2. The Kier molecular flexibility index (Phi) is 4.45. The summed E-state index contributed by atoms with van der Waals surface area (Å²) in [4.78, 5) is 25.2. The average Bonchev–Trinajstić information content (AvgIpc) is 2.63. The molecule has 3 aromatic carbocycles. The van der Waals surface area contributed by atoms with Crippen LogP contribution in [0.25, 0.3) is 0 Å². The molecule has 0 aliphatic carbocycles. The lowest BCUT2D eigenvalue weighted by molar-refractivity contribution is 0.103. The van der Waals surface area contributed by atoms with Crippen LogP contribution in [-0.4, -0.2) is 16.7 Å². The van der Waals surface area contributed by atoms with Gasteiger partial charge in [0.2, 0.25) is 0 Å². The molecule has 0 atom stereocenters. The number of phenols is 1. The summed E-state index contributed by atoms with van der Waals surface area (Å²) in [6, 6.07) is 19.8. The quantitative estimate of drug-likeness (QED) is 0.713. The van der Waals surface area contributed by atoms with Gasteiger partial charge in [-0.1, -0.05) is 72.3 Å². The number of hydrogen-bond acceptors (Lipinski definition) is 3. The third-order valence-corrected chi connectivity index (χ3v) is 3.85. The molecule has 0 saturated heterocycles. The Labute approximate surface area is 144 Å². The first kappa shape index (κ1) is 16.0. The molecular formula is C20H13ClO3. The normalized spacial score (nSPS) is 10.4. The average molecular weight is 337 g/mol. The van der Waals surface area contributed by atoms with E-state index in [0.29, 0.717) is 11.1 Å². The van der Waals surface area contributed by atoms with E-state index >= 15 is 0 Å². The molecule has 118 valence electrons. The van der Waals surface area contributed by atoms with Gasteiger partial charge in [0.25, 0.3) is 0 Å². The molecule has 0 saturated carbocycles. The Morgan fingerprint density at radius 1 is 0.708 bits per heavy atom. The zero-order chi connectivity index (χ0) is 17.1. The van der Waals surface area contributed by atoms with E-state index in [1.54, 1.807) is 60.7 Å². The topological polar surface area (TPSA) is 54.4 Å². The highest BCUT2D eigenvalue weighted by Gasteiger charge is 2.22. The lowest BCUT2D eigenvalue weighted by Crippen LogP contribution is -2.07. The van der Waals surface area contributed by atoms with Gasteiger partial charge in [-0.2, -0.15) is 0 Å². The molecule has 0 amide bonds. The number of rotatable bonds is 4. The Hall–Kier alpha value is -2.91. The van der Waals surface area contributed by atoms with E-state index in [0.717, 1.165) is 0 Å². The van der Waals surface area contributed by atoms with Gasteiger partial charge in [0.15, 0.2) is 11.6 Å². The van der Waals surface area contributed by atoms with Crippen LogP contribution in [0.2, 0.25) is 5.02 Å². The van der Waals surface area contributed by atoms with E-state index in [4.69, 9.17) is 11.6 Å². The van der Waals surface area contributed by atoms with Gasteiger partial charge in [-0.05, 0) is 12.1 Å². The summed E-state index contributed by atoms with van der Waals surface area (Å²) in [5.41, 5.74) is 0.835. The second kappa shape index (κ2) is 6.69. The summed E-state index contributed by atoms with van der Waals surface area (Å²) in [5.74, 6) is -1.14. The number of phenolic OH excluding ortho intramolecular Hbond substituents is 1. The van der Waals surface area contributed by atoms with Crippen LogP contribution >= 0.6 is 11.6 Å². The van der Waals surface area contributed by atoms with E-state index in [2.05, 4.69) is 0 Å². The van der Waals surface area contributed by atoms with Crippen molar-refractivity contribution in [3.63, 3.8) is 0 Å². The first-order valence-electron chi connectivity index (χ1n) is 7.30. The monoisotopic (exact) mass is 336 g/mol. The fourth-order valence-corrected chi connectivity index (χ4v) is 2.65. The summed E-state index contributed by atoms with van der Waals surface area (Å²) < 4.78 is 0. The standard InChI is InChI=1S/C20H13ClO3/c21-15-11-16(18(22)13-7-3-1-4-8-13)20(24)17(12-15)19(23)14-9-5-2-6-10-14/h1-12,24H. The smallest absolute Gasteiger partial charge is 0.196 e. The largest absolute Gasteiger partial charge is 0.506 e. The Morgan fingerprint density at radius 2 is 1.08 bits per heavy atom. The van der Waals surface area contributed by atoms with E-state index in [1.165, 1.54) is 12.1 Å². The minimum Gasteiger partial charge on any atom is -0.506 e. The van der Waals surface area contributed by atoms with Crippen LogP contribution in [0.4, 0.5) is 0 Å². The second-order valence-electron chi connectivity index (χ2n) is 5.24. The Bertz CT molecular complexity index is 830. The van der Waals surface area contributed by atoms with Gasteiger partial charge in [-0.15, -0.1) is 0 Å². The summed E-state index contributed by atoms with van der Waals surface area (Å²) in [7, 11) is 0. The number of ketones is 2.